The molecule has 12 heavy (non-hydrogen) atoms. The van der Waals surface area contributed by atoms with E-state index in [1.54, 1.807) is 0 Å². The van der Waals surface area contributed by atoms with Crippen LogP contribution in [0.15, 0.2) is 12.2 Å². The summed E-state index contributed by atoms with van der Waals surface area (Å²) in [6, 6.07) is 0. The number of carbonyl (C=O) groups is 1. The summed E-state index contributed by atoms with van der Waals surface area (Å²) in [7, 11) is 0. The SMILES string of the molecule is CCCCCCC(=O)C1C=CC1. The largest absolute Gasteiger partial charge is 0.299 e. The van der Waals surface area contributed by atoms with E-state index in [1.165, 1.54) is 19.3 Å². The molecular formula is C11H18O. The molecule has 0 fully saturated rings. The van der Waals surface area contributed by atoms with Gasteiger partial charge in [0.05, 0.1) is 0 Å². The van der Waals surface area contributed by atoms with E-state index in [0.29, 0.717) is 5.78 Å². The highest BCUT2D eigenvalue weighted by Gasteiger charge is 2.17. The molecule has 1 heteroatoms. The van der Waals surface area contributed by atoms with Gasteiger partial charge in [0.25, 0.3) is 0 Å². The lowest BCUT2D eigenvalue weighted by Crippen LogP contribution is -2.15. The molecule has 0 aliphatic heterocycles. The van der Waals surface area contributed by atoms with Gasteiger partial charge < -0.3 is 0 Å². The minimum Gasteiger partial charge on any atom is -0.299 e. The predicted octanol–water partition coefficient (Wildman–Crippen LogP) is 3.10. The van der Waals surface area contributed by atoms with Crippen molar-refractivity contribution in [2.45, 2.75) is 45.4 Å². The van der Waals surface area contributed by atoms with Crippen LogP contribution in [0.4, 0.5) is 0 Å². The number of hydrogen-bond acceptors (Lipinski definition) is 1. The number of allylic oxidation sites excluding steroid dienone is 2. The molecule has 1 atom stereocenters. The molecule has 0 N–H and O–H groups in total. The zero-order valence-corrected chi connectivity index (χ0v) is 7.88. The van der Waals surface area contributed by atoms with Gasteiger partial charge in [0.15, 0.2) is 0 Å². The van der Waals surface area contributed by atoms with Gasteiger partial charge in [0.2, 0.25) is 0 Å². The van der Waals surface area contributed by atoms with Crippen molar-refractivity contribution in [2.75, 3.05) is 0 Å². The van der Waals surface area contributed by atoms with Crippen LogP contribution >= 0.6 is 0 Å². The number of ketones is 1. The molecular weight excluding hydrogens is 148 g/mol. The summed E-state index contributed by atoms with van der Waals surface area (Å²) >= 11 is 0. The molecule has 1 unspecified atom stereocenters. The lowest BCUT2D eigenvalue weighted by molar-refractivity contribution is -0.121. The van der Waals surface area contributed by atoms with Gasteiger partial charge in [-0.15, -0.1) is 0 Å². The molecule has 0 spiro atoms. The van der Waals surface area contributed by atoms with Crippen molar-refractivity contribution in [3.63, 3.8) is 0 Å². The van der Waals surface area contributed by atoms with E-state index in [9.17, 15) is 4.79 Å². The fourth-order valence-electron chi connectivity index (χ4n) is 1.42. The molecule has 68 valence electrons. The van der Waals surface area contributed by atoms with Crippen LogP contribution in [-0.4, -0.2) is 5.78 Å². The second-order valence-electron chi connectivity index (χ2n) is 3.55. The average molecular weight is 166 g/mol. The normalized spacial score (nSPS) is 20.6. The third-order valence-electron chi connectivity index (χ3n) is 2.45. The van der Waals surface area contributed by atoms with E-state index < -0.39 is 0 Å². The fourth-order valence-corrected chi connectivity index (χ4v) is 1.42. The van der Waals surface area contributed by atoms with E-state index >= 15 is 0 Å². The van der Waals surface area contributed by atoms with E-state index in [1.807, 2.05) is 6.08 Å². The van der Waals surface area contributed by atoms with E-state index in [-0.39, 0.29) is 5.92 Å². The van der Waals surface area contributed by atoms with Gasteiger partial charge in [-0.05, 0) is 12.8 Å². The smallest absolute Gasteiger partial charge is 0.140 e. The molecule has 0 aromatic heterocycles. The predicted molar refractivity (Wildman–Crippen MR) is 51.0 cm³/mol. The molecule has 0 saturated heterocycles. The quantitative estimate of drug-likeness (QED) is 0.437. The Bertz CT molecular complexity index is 170. The Balaban J connectivity index is 1.99. The van der Waals surface area contributed by atoms with Crippen LogP contribution in [0.2, 0.25) is 0 Å². The van der Waals surface area contributed by atoms with Gasteiger partial charge in [-0.2, -0.15) is 0 Å². The van der Waals surface area contributed by atoms with Crippen LogP contribution in [-0.2, 0) is 4.79 Å². The highest BCUT2D eigenvalue weighted by molar-refractivity contribution is 5.83. The van der Waals surface area contributed by atoms with Gasteiger partial charge in [-0.1, -0.05) is 38.3 Å². The van der Waals surface area contributed by atoms with Gasteiger partial charge in [0, 0.05) is 12.3 Å². The summed E-state index contributed by atoms with van der Waals surface area (Å²) in [6.07, 6.45) is 10.7. The number of carbonyl (C=O) groups excluding carboxylic acids is 1. The van der Waals surface area contributed by atoms with E-state index in [4.69, 9.17) is 0 Å². The Kier molecular flexibility index (Phi) is 4.06. The summed E-state index contributed by atoms with van der Waals surface area (Å²) in [5.41, 5.74) is 0. The van der Waals surface area contributed by atoms with Crippen LogP contribution < -0.4 is 0 Å². The first-order valence-corrected chi connectivity index (χ1v) is 5.04. The van der Waals surface area contributed by atoms with Crippen LogP contribution in [0.25, 0.3) is 0 Å². The average Bonchev–Trinajstić information content (AvgIpc) is 1.95. The maximum Gasteiger partial charge on any atom is 0.140 e. The number of hydrogen-bond donors (Lipinski definition) is 0. The summed E-state index contributed by atoms with van der Waals surface area (Å²) in [5.74, 6) is 0.736. The zero-order valence-electron chi connectivity index (χ0n) is 7.88. The molecule has 0 heterocycles. The summed E-state index contributed by atoms with van der Waals surface area (Å²) < 4.78 is 0. The Morgan fingerprint density at radius 2 is 2.17 bits per heavy atom. The third kappa shape index (κ3) is 2.80. The highest BCUT2D eigenvalue weighted by atomic mass is 16.1. The molecule has 1 rings (SSSR count). The van der Waals surface area contributed by atoms with Crippen molar-refractivity contribution in [1.82, 2.24) is 0 Å². The van der Waals surface area contributed by atoms with Gasteiger partial charge in [0.1, 0.15) is 5.78 Å². The van der Waals surface area contributed by atoms with Crippen LogP contribution in [0.3, 0.4) is 0 Å². The van der Waals surface area contributed by atoms with E-state index in [0.717, 1.165) is 19.3 Å². The third-order valence-corrected chi connectivity index (χ3v) is 2.45. The summed E-state index contributed by atoms with van der Waals surface area (Å²) in [4.78, 5) is 11.3. The Morgan fingerprint density at radius 3 is 2.67 bits per heavy atom. The maximum atomic E-state index is 11.3. The summed E-state index contributed by atoms with van der Waals surface area (Å²) in [5, 5.41) is 0. The highest BCUT2D eigenvalue weighted by Crippen LogP contribution is 2.20. The Hall–Kier alpha value is -0.590. The molecule has 0 saturated carbocycles. The standard InChI is InChI=1S/C11H18O/c1-2-3-4-5-9-11(12)10-7-6-8-10/h6-7,10H,2-5,8-9H2,1H3. The monoisotopic (exact) mass is 166 g/mol. The van der Waals surface area contributed by atoms with Crippen molar-refractivity contribution in [1.29, 1.82) is 0 Å². The molecule has 0 aromatic rings. The van der Waals surface area contributed by atoms with Crippen molar-refractivity contribution < 1.29 is 4.79 Å². The lowest BCUT2D eigenvalue weighted by atomic mass is 9.88. The summed E-state index contributed by atoms with van der Waals surface area (Å²) in [6.45, 7) is 2.19. The molecule has 1 aliphatic carbocycles. The lowest BCUT2D eigenvalue weighted by Gasteiger charge is -2.15. The Labute approximate surface area is 74.9 Å². The minimum atomic E-state index is 0.284. The second kappa shape index (κ2) is 5.13. The zero-order chi connectivity index (χ0) is 8.81. The van der Waals surface area contributed by atoms with Crippen LogP contribution in [0, 0.1) is 5.92 Å². The molecule has 0 radical (unpaired) electrons. The van der Waals surface area contributed by atoms with Gasteiger partial charge >= 0.3 is 0 Å². The maximum absolute atomic E-state index is 11.3. The van der Waals surface area contributed by atoms with Crippen molar-refractivity contribution in [3.8, 4) is 0 Å². The van der Waals surface area contributed by atoms with E-state index in [2.05, 4.69) is 13.0 Å². The first kappa shape index (κ1) is 9.50. The van der Waals surface area contributed by atoms with Crippen molar-refractivity contribution in [3.05, 3.63) is 12.2 Å². The minimum absolute atomic E-state index is 0.284. The topological polar surface area (TPSA) is 17.1 Å². The van der Waals surface area contributed by atoms with Crippen LogP contribution in [0.1, 0.15) is 45.4 Å². The number of unbranched alkanes of at least 4 members (excludes halogenated alkanes) is 3. The first-order chi connectivity index (χ1) is 5.84. The molecule has 1 nitrogen and oxygen atoms in total. The van der Waals surface area contributed by atoms with Gasteiger partial charge in [-0.3, -0.25) is 4.79 Å². The fraction of sp³-hybridized carbons (Fsp3) is 0.727. The second-order valence-corrected chi connectivity index (χ2v) is 3.55. The molecule has 0 aromatic carbocycles. The molecule has 0 amide bonds. The van der Waals surface area contributed by atoms with Crippen molar-refractivity contribution >= 4 is 5.78 Å². The Morgan fingerprint density at radius 1 is 1.42 bits per heavy atom. The number of rotatable bonds is 6. The first-order valence-electron chi connectivity index (χ1n) is 5.04. The number of Topliss-reactive ketones (excluding diaryl/α,β-unsaturated/α-hetero) is 1. The van der Waals surface area contributed by atoms with Crippen molar-refractivity contribution in [2.24, 2.45) is 5.92 Å². The molecule has 0 bridgehead atoms. The van der Waals surface area contributed by atoms with Gasteiger partial charge in [-0.25, -0.2) is 0 Å². The molecule has 1 aliphatic rings. The van der Waals surface area contributed by atoms with Crippen LogP contribution in [0.5, 0.6) is 0 Å².